The van der Waals surface area contributed by atoms with Gasteiger partial charge in [0.25, 0.3) is 0 Å². The number of aromatic nitrogens is 2. The molecule has 4 N–H and O–H groups in total. The number of fused-ring (bicyclic) bond motifs is 1. The number of amides is 2. The first-order chi connectivity index (χ1) is 17.9. The van der Waals surface area contributed by atoms with Crippen LogP contribution in [0.25, 0.3) is 10.9 Å². The number of anilines is 2. The number of carboxylic acid groups (broad SMARTS) is 1. The highest BCUT2D eigenvalue weighted by Gasteiger charge is 2.28. The highest BCUT2D eigenvalue weighted by Crippen LogP contribution is 2.30. The van der Waals surface area contributed by atoms with Gasteiger partial charge >= 0.3 is 6.09 Å². The van der Waals surface area contributed by atoms with Crippen LogP contribution >= 0.6 is 0 Å². The van der Waals surface area contributed by atoms with E-state index in [-0.39, 0.29) is 12.5 Å². The molecule has 0 bridgehead atoms. The standard InChI is InChI=1S/C25H30N6O6/c1-35-17-10-9-15(20(12-17)37-3)13-26-24-27-21-18(7-4-8-19(21)36-2)22(28-24)29-30-23(32)16-6-5-11-31(14-16)25(33)34/h4,7-10,12,16H,5-6,11,13-14H2,1-3H3,(H,30,32)(H,33,34)(H2,26,27,28,29)/t16-/m1/s1. The molecule has 1 saturated heterocycles. The Hall–Kier alpha value is -4.48. The molecule has 0 aliphatic carbocycles. The number of piperidine rings is 1. The van der Waals surface area contributed by atoms with Gasteiger partial charge in [0.1, 0.15) is 22.8 Å². The van der Waals surface area contributed by atoms with E-state index in [9.17, 15) is 14.7 Å². The lowest BCUT2D eigenvalue weighted by Gasteiger charge is -2.29. The molecular weight excluding hydrogens is 480 g/mol. The molecule has 196 valence electrons. The molecule has 1 aromatic heterocycles. The molecule has 1 atom stereocenters. The van der Waals surface area contributed by atoms with E-state index in [0.29, 0.717) is 65.8 Å². The lowest BCUT2D eigenvalue weighted by Crippen LogP contribution is -2.46. The zero-order valence-corrected chi connectivity index (χ0v) is 20.9. The van der Waals surface area contributed by atoms with Gasteiger partial charge in [-0.05, 0) is 37.1 Å². The summed E-state index contributed by atoms with van der Waals surface area (Å²) in [5, 5.41) is 13.1. The van der Waals surface area contributed by atoms with E-state index in [1.807, 2.05) is 18.2 Å². The van der Waals surface area contributed by atoms with E-state index >= 15 is 0 Å². The number of ether oxygens (including phenoxy) is 3. The predicted octanol–water partition coefficient (Wildman–Crippen LogP) is 3.10. The Morgan fingerprint density at radius 1 is 1.08 bits per heavy atom. The smallest absolute Gasteiger partial charge is 0.407 e. The van der Waals surface area contributed by atoms with E-state index in [1.54, 1.807) is 39.5 Å². The monoisotopic (exact) mass is 510 g/mol. The van der Waals surface area contributed by atoms with Crippen molar-refractivity contribution in [2.24, 2.45) is 5.92 Å². The third kappa shape index (κ3) is 5.85. The van der Waals surface area contributed by atoms with E-state index in [1.165, 1.54) is 4.90 Å². The molecule has 2 amide bonds. The van der Waals surface area contributed by atoms with Crippen LogP contribution in [0.4, 0.5) is 16.6 Å². The SMILES string of the molecule is COc1ccc(CNc2nc(NNC(=O)[C@@H]3CCCN(C(=O)O)C3)c3cccc(OC)c3n2)c(OC)c1. The van der Waals surface area contributed by atoms with Gasteiger partial charge in [-0.2, -0.15) is 4.98 Å². The zero-order chi connectivity index (χ0) is 26.4. The van der Waals surface area contributed by atoms with Crippen molar-refractivity contribution in [3.63, 3.8) is 0 Å². The number of carbonyl (C=O) groups is 2. The molecule has 3 aromatic rings. The summed E-state index contributed by atoms with van der Waals surface area (Å²) in [4.78, 5) is 34.6. The number of methoxy groups -OCH3 is 3. The summed E-state index contributed by atoms with van der Waals surface area (Å²) in [6, 6.07) is 10.9. The minimum atomic E-state index is -1.02. The second-order valence-corrected chi connectivity index (χ2v) is 8.47. The number of nitrogens with one attached hydrogen (secondary N) is 3. The van der Waals surface area contributed by atoms with Crippen LogP contribution in [-0.4, -0.2) is 66.4 Å². The van der Waals surface area contributed by atoms with Crippen LogP contribution < -0.4 is 30.4 Å². The predicted molar refractivity (Wildman–Crippen MR) is 137 cm³/mol. The maximum atomic E-state index is 12.8. The average molecular weight is 511 g/mol. The van der Waals surface area contributed by atoms with Gasteiger partial charge in [-0.1, -0.05) is 6.07 Å². The lowest BCUT2D eigenvalue weighted by atomic mass is 9.98. The van der Waals surface area contributed by atoms with Gasteiger partial charge in [-0.3, -0.25) is 15.6 Å². The number of benzene rings is 2. The fourth-order valence-electron chi connectivity index (χ4n) is 4.22. The van der Waals surface area contributed by atoms with Crippen LogP contribution in [0.5, 0.6) is 17.2 Å². The van der Waals surface area contributed by atoms with Gasteiger partial charge in [-0.25, -0.2) is 9.78 Å². The molecule has 1 aliphatic heterocycles. The van der Waals surface area contributed by atoms with Crippen molar-refractivity contribution in [2.45, 2.75) is 19.4 Å². The minimum absolute atomic E-state index is 0.150. The van der Waals surface area contributed by atoms with Crippen molar-refractivity contribution in [1.82, 2.24) is 20.3 Å². The Labute approximate surface area is 213 Å². The molecule has 0 saturated carbocycles. The maximum Gasteiger partial charge on any atom is 0.407 e. The fourth-order valence-corrected chi connectivity index (χ4v) is 4.22. The van der Waals surface area contributed by atoms with Gasteiger partial charge < -0.3 is 29.5 Å². The normalized spacial score (nSPS) is 15.1. The third-order valence-corrected chi connectivity index (χ3v) is 6.21. The number of likely N-dealkylation sites (tertiary alicyclic amines) is 1. The van der Waals surface area contributed by atoms with Crippen molar-refractivity contribution in [3.05, 3.63) is 42.0 Å². The van der Waals surface area contributed by atoms with Crippen molar-refractivity contribution in [3.8, 4) is 17.2 Å². The second kappa shape index (κ2) is 11.5. The first kappa shape index (κ1) is 25.6. The fraction of sp³-hybridized carbons (Fsp3) is 0.360. The number of rotatable bonds is 9. The molecule has 1 fully saturated rings. The summed E-state index contributed by atoms with van der Waals surface area (Å²) in [5.41, 5.74) is 7.01. The summed E-state index contributed by atoms with van der Waals surface area (Å²) in [5.74, 6) is 1.79. The van der Waals surface area contributed by atoms with Crippen molar-refractivity contribution < 1.29 is 28.9 Å². The molecular formula is C25H30N6O6. The van der Waals surface area contributed by atoms with E-state index in [0.717, 1.165) is 5.56 Å². The summed E-state index contributed by atoms with van der Waals surface area (Å²) in [6.07, 6.45) is 0.205. The largest absolute Gasteiger partial charge is 0.497 e. The molecule has 4 rings (SSSR count). The second-order valence-electron chi connectivity index (χ2n) is 8.47. The molecule has 37 heavy (non-hydrogen) atoms. The van der Waals surface area contributed by atoms with Crippen LogP contribution in [0.2, 0.25) is 0 Å². The Morgan fingerprint density at radius 3 is 2.62 bits per heavy atom. The number of hydrogen-bond donors (Lipinski definition) is 4. The van der Waals surface area contributed by atoms with Gasteiger partial charge in [0.15, 0.2) is 5.82 Å². The molecule has 12 nitrogen and oxygen atoms in total. The Morgan fingerprint density at radius 2 is 1.89 bits per heavy atom. The van der Waals surface area contributed by atoms with Gasteiger partial charge in [0, 0.05) is 36.7 Å². The molecule has 0 spiro atoms. The first-order valence-corrected chi connectivity index (χ1v) is 11.8. The quantitative estimate of drug-likeness (QED) is 0.317. The Balaban J connectivity index is 1.55. The molecule has 0 unspecified atom stereocenters. The van der Waals surface area contributed by atoms with Crippen LogP contribution in [0, 0.1) is 5.92 Å². The molecule has 2 aromatic carbocycles. The molecule has 0 radical (unpaired) electrons. The highest BCUT2D eigenvalue weighted by molar-refractivity contribution is 5.94. The number of hydrazine groups is 1. The number of nitrogens with zero attached hydrogens (tertiary/aromatic N) is 3. The van der Waals surface area contributed by atoms with Gasteiger partial charge in [-0.15, -0.1) is 0 Å². The summed E-state index contributed by atoms with van der Waals surface area (Å²) in [6.45, 7) is 0.946. The minimum Gasteiger partial charge on any atom is -0.497 e. The van der Waals surface area contributed by atoms with Crippen LogP contribution in [0.1, 0.15) is 18.4 Å². The summed E-state index contributed by atoms with van der Waals surface area (Å²) >= 11 is 0. The number of hydrogen-bond acceptors (Lipinski definition) is 9. The summed E-state index contributed by atoms with van der Waals surface area (Å²) in [7, 11) is 4.73. The van der Waals surface area contributed by atoms with Crippen LogP contribution in [-0.2, 0) is 11.3 Å². The third-order valence-electron chi connectivity index (χ3n) is 6.21. The lowest BCUT2D eigenvalue weighted by molar-refractivity contribution is -0.125. The number of carbonyl (C=O) groups excluding carboxylic acids is 1. The molecule has 12 heteroatoms. The van der Waals surface area contributed by atoms with Crippen molar-refractivity contribution >= 4 is 34.7 Å². The topological polar surface area (TPSA) is 147 Å². The van der Waals surface area contributed by atoms with Gasteiger partial charge in [0.2, 0.25) is 11.9 Å². The maximum absolute atomic E-state index is 12.8. The first-order valence-electron chi connectivity index (χ1n) is 11.8. The summed E-state index contributed by atoms with van der Waals surface area (Å²) < 4.78 is 16.2. The average Bonchev–Trinajstić information content (AvgIpc) is 2.94. The van der Waals surface area contributed by atoms with Crippen LogP contribution in [0.3, 0.4) is 0 Å². The van der Waals surface area contributed by atoms with E-state index < -0.39 is 12.0 Å². The Kier molecular flexibility index (Phi) is 7.96. The molecule has 1 aliphatic rings. The Bertz CT molecular complexity index is 1290. The number of para-hydroxylation sites is 1. The van der Waals surface area contributed by atoms with Gasteiger partial charge in [0.05, 0.1) is 27.2 Å². The van der Waals surface area contributed by atoms with Crippen LogP contribution in [0.15, 0.2) is 36.4 Å². The van der Waals surface area contributed by atoms with E-state index in [2.05, 4.69) is 26.1 Å². The molecule has 2 heterocycles. The van der Waals surface area contributed by atoms with Crippen molar-refractivity contribution in [1.29, 1.82) is 0 Å². The van der Waals surface area contributed by atoms with Crippen molar-refractivity contribution in [2.75, 3.05) is 45.2 Å². The zero-order valence-electron chi connectivity index (χ0n) is 20.9. The highest BCUT2D eigenvalue weighted by atomic mass is 16.5. The van der Waals surface area contributed by atoms with E-state index in [4.69, 9.17) is 14.2 Å².